The number of hydrogen-bond donors (Lipinski definition) is 0. The molecule has 1 fully saturated rings. The second-order valence-corrected chi connectivity index (χ2v) is 6.14. The van der Waals surface area contributed by atoms with Crippen LogP contribution >= 0.6 is 0 Å². The molecule has 1 atom stereocenters. The summed E-state index contributed by atoms with van der Waals surface area (Å²) in [6.07, 6.45) is 3.18. The van der Waals surface area contributed by atoms with Crippen molar-refractivity contribution in [1.82, 2.24) is 4.90 Å². The number of nitrogens with zero attached hydrogens (tertiary/aromatic N) is 2. The maximum absolute atomic E-state index is 12.6. The molecule has 7 nitrogen and oxygen atoms in total. The van der Waals surface area contributed by atoms with Gasteiger partial charge in [0, 0.05) is 25.1 Å². The number of amides is 1. The summed E-state index contributed by atoms with van der Waals surface area (Å²) in [5, 5.41) is 4.13. The largest absolute Gasteiger partial charge is 0.493 e. The van der Waals surface area contributed by atoms with Crippen molar-refractivity contribution in [1.29, 1.82) is 0 Å². The first-order valence-corrected chi connectivity index (χ1v) is 8.49. The maximum atomic E-state index is 12.6. The third-order valence-electron chi connectivity index (χ3n) is 4.61. The fraction of sp³-hybridized carbons (Fsp3) is 0.556. The minimum Gasteiger partial charge on any atom is -0.493 e. The summed E-state index contributed by atoms with van der Waals surface area (Å²) in [5.41, 5.74) is 1.50. The van der Waals surface area contributed by atoms with Crippen LogP contribution in [-0.2, 0) is 9.63 Å². The predicted octanol–water partition coefficient (Wildman–Crippen LogP) is 2.22. The molecule has 0 unspecified atom stereocenters. The molecule has 0 aromatic heterocycles. The SMILES string of the molecule is COc1cc(C2=NO[C@@H](C(=O)N3CCCCC3)C2)cc(OC)c1OC. The fourth-order valence-electron chi connectivity index (χ4n) is 3.25. The lowest BCUT2D eigenvalue weighted by atomic mass is 10.0. The van der Waals surface area contributed by atoms with Crippen LogP contribution in [0.25, 0.3) is 0 Å². The zero-order valence-corrected chi connectivity index (χ0v) is 14.9. The van der Waals surface area contributed by atoms with E-state index in [1.54, 1.807) is 21.3 Å². The summed E-state index contributed by atoms with van der Waals surface area (Å²) in [5.74, 6) is 1.64. The molecule has 1 aromatic carbocycles. The smallest absolute Gasteiger partial charge is 0.266 e. The highest BCUT2D eigenvalue weighted by atomic mass is 16.6. The second kappa shape index (κ2) is 7.63. The van der Waals surface area contributed by atoms with Gasteiger partial charge in [0.05, 0.1) is 27.0 Å². The normalized spacial score (nSPS) is 19.9. The van der Waals surface area contributed by atoms with E-state index in [0.29, 0.717) is 29.4 Å². The van der Waals surface area contributed by atoms with Crippen molar-refractivity contribution in [3.05, 3.63) is 17.7 Å². The van der Waals surface area contributed by atoms with E-state index in [2.05, 4.69) is 5.16 Å². The molecule has 7 heteroatoms. The van der Waals surface area contributed by atoms with Gasteiger partial charge in [0.1, 0.15) is 0 Å². The van der Waals surface area contributed by atoms with Crippen LogP contribution in [0.5, 0.6) is 17.2 Å². The molecular weight excluding hydrogens is 324 g/mol. The van der Waals surface area contributed by atoms with E-state index in [0.717, 1.165) is 31.5 Å². The highest BCUT2D eigenvalue weighted by Crippen LogP contribution is 2.39. The lowest BCUT2D eigenvalue weighted by molar-refractivity contribution is -0.143. The van der Waals surface area contributed by atoms with E-state index < -0.39 is 6.10 Å². The summed E-state index contributed by atoms with van der Waals surface area (Å²) >= 11 is 0. The third-order valence-corrected chi connectivity index (χ3v) is 4.61. The molecule has 0 saturated carbocycles. The molecule has 3 rings (SSSR count). The number of ether oxygens (including phenoxy) is 3. The van der Waals surface area contributed by atoms with Gasteiger partial charge in [0.25, 0.3) is 5.91 Å². The van der Waals surface area contributed by atoms with Crippen LogP contribution < -0.4 is 14.2 Å². The zero-order chi connectivity index (χ0) is 17.8. The zero-order valence-electron chi connectivity index (χ0n) is 14.9. The van der Waals surface area contributed by atoms with Gasteiger partial charge in [-0.05, 0) is 31.4 Å². The van der Waals surface area contributed by atoms with Gasteiger partial charge in [0.15, 0.2) is 11.5 Å². The monoisotopic (exact) mass is 348 g/mol. The van der Waals surface area contributed by atoms with Crippen molar-refractivity contribution >= 4 is 11.6 Å². The van der Waals surface area contributed by atoms with E-state index in [1.165, 1.54) is 6.42 Å². The average molecular weight is 348 g/mol. The Morgan fingerprint density at radius 3 is 2.28 bits per heavy atom. The number of hydrogen-bond acceptors (Lipinski definition) is 6. The quantitative estimate of drug-likeness (QED) is 0.816. The van der Waals surface area contributed by atoms with E-state index in [9.17, 15) is 4.79 Å². The van der Waals surface area contributed by atoms with Crippen LogP contribution in [0.15, 0.2) is 17.3 Å². The number of benzene rings is 1. The predicted molar refractivity (Wildman–Crippen MR) is 92.6 cm³/mol. The summed E-state index contributed by atoms with van der Waals surface area (Å²) < 4.78 is 16.1. The molecule has 2 aliphatic heterocycles. The van der Waals surface area contributed by atoms with Crippen molar-refractivity contribution in [2.45, 2.75) is 31.8 Å². The molecule has 0 spiro atoms. The summed E-state index contributed by atoms with van der Waals surface area (Å²) in [4.78, 5) is 19.9. The lowest BCUT2D eigenvalue weighted by Crippen LogP contribution is -2.42. The van der Waals surface area contributed by atoms with Crippen molar-refractivity contribution < 1.29 is 23.8 Å². The van der Waals surface area contributed by atoms with Gasteiger partial charge in [-0.1, -0.05) is 5.16 Å². The molecule has 2 aliphatic rings. The van der Waals surface area contributed by atoms with Crippen molar-refractivity contribution in [2.24, 2.45) is 5.16 Å². The highest BCUT2D eigenvalue weighted by Gasteiger charge is 2.33. The van der Waals surface area contributed by atoms with Crippen LogP contribution in [0.1, 0.15) is 31.2 Å². The lowest BCUT2D eigenvalue weighted by Gasteiger charge is -2.28. The van der Waals surface area contributed by atoms with E-state index in [1.807, 2.05) is 17.0 Å². The maximum Gasteiger partial charge on any atom is 0.266 e. The van der Waals surface area contributed by atoms with E-state index >= 15 is 0 Å². The molecule has 0 bridgehead atoms. The van der Waals surface area contributed by atoms with Crippen molar-refractivity contribution in [3.63, 3.8) is 0 Å². The highest BCUT2D eigenvalue weighted by molar-refractivity contribution is 6.04. The molecule has 0 radical (unpaired) electrons. The van der Waals surface area contributed by atoms with Gasteiger partial charge in [-0.25, -0.2) is 0 Å². The Kier molecular flexibility index (Phi) is 5.31. The Bertz CT molecular complexity index is 642. The van der Waals surface area contributed by atoms with Crippen LogP contribution in [0.4, 0.5) is 0 Å². The molecule has 25 heavy (non-hydrogen) atoms. The molecule has 2 heterocycles. The first kappa shape index (κ1) is 17.4. The minimum atomic E-state index is -0.549. The Labute approximate surface area is 147 Å². The summed E-state index contributed by atoms with van der Waals surface area (Å²) in [6, 6.07) is 3.63. The van der Waals surface area contributed by atoms with Gasteiger partial charge in [-0.2, -0.15) is 0 Å². The van der Waals surface area contributed by atoms with E-state index in [4.69, 9.17) is 19.0 Å². The Balaban J connectivity index is 1.76. The second-order valence-electron chi connectivity index (χ2n) is 6.14. The number of oxime groups is 1. The van der Waals surface area contributed by atoms with Gasteiger partial charge in [-0.3, -0.25) is 4.79 Å². The van der Waals surface area contributed by atoms with Crippen LogP contribution in [0, 0.1) is 0 Å². The topological polar surface area (TPSA) is 69.6 Å². The Morgan fingerprint density at radius 1 is 1.08 bits per heavy atom. The first-order chi connectivity index (χ1) is 12.2. The van der Waals surface area contributed by atoms with Crippen LogP contribution in [-0.4, -0.2) is 57.0 Å². The Hall–Kier alpha value is -2.44. The fourth-order valence-corrected chi connectivity index (χ4v) is 3.25. The number of piperidine rings is 1. The Morgan fingerprint density at radius 2 is 1.72 bits per heavy atom. The molecule has 0 N–H and O–H groups in total. The van der Waals surface area contributed by atoms with Crippen molar-refractivity contribution in [3.8, 4) is 17.2 Å². The van der Waals surface area contributed by atoms with Gasteiger partial charge >= 0.3 is 0 Å². The first-order valence-electron chi connectivity index (χ1n) is 8.49. The minimum absolute atomic E-state index is 0.0193. The number of likely N-dealkylation sites (tertiary alicyclic amines) is 1. The summed E-state index contributed by atoms with van der Waals surface area (Å²) in [6.45, 7) is 1.61. The number of methoxy groups -OCH3 is 3. The molecule has 1 saturated heterocycles. The van der Waals surface area contributed by atoms with Crippen LogP contribution in [0.3, 0.4) is 0 Å². The molecule has 1 aromatic rings. The molecule has 136 valence electrons. The van der Waals surface area contributed by atoms with Crippen LogP contribution in [0.2, 0.25) is 0 Å². The van der Waals surface area contributed by atoms with Gasteiger partial charge < -0.3 is 23.9 Å². The number of carbonyl (C=O) groups excluding carboxylic acids is 1. The van der Waals surface area contributed by atoms with Gasteiger partial charge in [0.2, 0.25) is 11.9 Å². The third kappa shape index (κ3) is 3.50. The van der Waals surface area contributed by atoms with Crippen molar-refractivity contribution in [2.75, 3.05) is 34.4 Å². The molecule has 1 amide bonds. The average Bonchev–Trinajstić information content (AvgIpc) is 3.17. The standard InChI is InChI=1S/C18H24N2O5/c1-22-14-9-12(10-15(23-2)17(14)24-3)13-11-16(25-19-13)18(21)20-7-5-4-6-8-20/h9-10,16H,4-8,11H2,1-3H3/t16-/m1/s1. The van der Waals surface area contributed by atoms with Gasteiger partial charge in [-0.15, -0.1) is 0 Å². The van der Waals surface area contributed by atoms with E-state index in [-0.39, 0.29) is 5.91 Å². The molecule has 0 aliphatic carbocycles. The number of rotatable bonds is 5. The summed E-state index contributed by atoms with van der Waals surface area (Å²) in [7, 11) is 4.69. The number of carbonyl (C=O) groups is 1. The molecular formula is C18H24N2O5.